The molecule has 0 bridgehead atoms. The van der Waals surface area contributed by atoms with E-state index in [4.69, 9.17) is 0 Å². The number of hydrogen-bond donors (Lipinski definition) is 1. The van der Waals surface area contributed by atoms with Gasteiger partial charge in [-0.15, -0.1) is 11.3 Å². The van der Waals surface area contributed by atoms with E-state index in [0.717, 1.165) is 29.7 Å². The number of nitrogens with one attached hydrogen (secondary N) is 1. The summed E-state index contributed by atoms with van der Waals surface area (Å²) < 4.78 is 2.19. The van der Waals surface area contributed by atoms with Crippen LogP contribution in [-0.2, 0) is 13.1 Å². The molecule has 0 aliphatic carbocycles. The monoisotopic (exact) mass is 250 g/mol. The molecule has 0 fully saturated rings. The molecule has 0 saturated carbocycles. The van der Waals surface area contributed by atoms with Crippen LogP contribution in [0.1, 0.15) is 30.5 Å². The number of unbranched alkanes of at least 4 members (excludes halogenated alkanes) is 1. The first-order valence-electron chi connectivity index (χ1n) is 5.95. The Hall–Kier alpha value is -1.36. The molecule has 0 unspecified atom stereocenters. The fraction of sp³-hybridized carbons (Fsp3) is 0.500. The van der Waals surface area contributed by atoms with Crippen LogP contribution in [0.3, 0.4) is 0 Å². The molecule has 0 aliphatic heterocycles. The summed E-state index contributed by atoms with van der Waals surface area (Å²) in [5, 5.41) is 6.43. The molecule has 92 valence electrons. The van der Waals surface area contributed by atoms with Crippen LogP contribution in [0.5, 0.6) is 0 Å². The van der Waals surface area contributed by atoms with Gasteiger partial charge in [0.25, 0.3) is 0 Å². The number of nitrogens with zero attached hydrogens (tertiary/aromatic N) is 3. The molecule has 2 rings (SSSR count). The van der Waals surface area contributed by atoms with Gasteiger partial charge < -0.3 is 9.88 Å². The van der Waals surface area contributed by atoms with Gasteiger partial charge in [0.1, 0.15) is 5.01 Å². The van der Waals surface area contributed by atoms with Gasteiger partial charge in [-0.1, -0.05) is 13.3 Å². The highest BCUT2D eigenvalue weighted by molar-refractivity contribution is 7.09. The minimum absolute atomic E-state index is 0.750. The van der Waals surface area contributed by atoms with Crippen molar-refractivity contribution in [2.24, 2.45) is 0 Å². The van der Waals surface area contributed by atoms with Crippen molar-refractivity contribution in [3.05, 3.63) is 28.5 Å². The molecule has 0 aromatic carbocycles. The Kier molecular flexibility index (Phi) is 4.14. The van der Waals surface area contributed by atoms with Crippen LogP contribution in [-0.4, -0.2) is 14.5 Å². The zero-order valence-corrected chi connectivity index (χ0v) is 11.1. The first-order valence-corrected chi connectivity index (χ1v) is 6.83. The Morgan fingerprint density at radius 2 is 2.35 bits per heavy atom. The van der Waals surface area contributed by atoms with Gasteiger partial charge in [0.05, 0.1) is 12.2 Å². The molecule has 17 heavy (non-hydrogen) atoms. The summed E-state index contributed by atoms with van der Waals surface area (Å²) in [6.45, 7) is 6.00. The molecule has 5 heteroatoms. The van der Waals surface area contributed by atoms with Crippen molar-refractivity contribution < 1.29 is 0 Å². The number of anilines is 1. The van der Waals surface area contributed by atoms with Crippen LogP contribution < -0.4 is 5.32 Å². The van der Waals surface area contributed by atoms with E-state index in [1.165, 1.54) is 12.8 Å². The van der Waals surface area contributed by atoms with Gasteiger partial charge in [-0.25, -0.2) is 9.97 Å². The minimum atomic E-state index is 0.750. The zero-order valence-electron chi connectivity index (χ0n) is 10.3. The highest BCUT2D eigenvalue weighted by atomic mass is 32.1. The second-order valence-electron chi connectivity index (χ2n) is 4.03. The molecule has 0 atom stereocenters. The molecule has 2 aromatic heterocycles. The molecular weight excluding hydrogens is 232 g/mol. The van der Waals surface area contributed by atoms with E-state index < -0.39 is 0 Å². The van der Waals surface area contributed by atoms with Crippen molar-refractivity contribution in [2.45, 2.75) is 39.8 Å². The average Bonchev–Trinajstić information content (AvgIpc) is 2.93. The van der Waals surface area contributed by atoms with Crippen molar-refractivity contribution in [1.29, 1.82) is 0 Å². The van der Waals surface area contributed by atoms with Crippen molar-refractivity contribution in [1.82, 2.24) is 14.5 Å². The molecular formula is C12H18N4S. The lowest BCUT2D eigenvalue weighted by molar-refractivity contribution is 0.634. The minimum Gasteiger partial charge on any atom is -0.349 e. The number of imidazole rings is 1. The van der Waals surface area contributed by atoms with E-state index in [9.17, 15) is 0 Å². The van der Waals surface area contributed by atoms with Gasteiger partial charge in [0.15, 0.2) is 0 Å². The van der Waals surface area contributed by atoms with Crippen LogP contribution in [0.25, 0.3) is 0 Å². The van der Waals surface area contributed by atoms with Gasteiger partial charge in [0, 0.05) is 24.3 Å². The lowest BCUT2D eigenvalue weighted by atomic mass is 10.3. The summed E-state index contributed by atoms with van der Waals surface area (Å²) in [5.74, 6) is 0.950. The third-order valence-corrected chi connectivity index (χ3v) is 3.31. The summed E-state index contributed by atoms with van der Waals surface area (Å²) in [4.78, 5) is 8.74. The Labute approximate surface area is 106 Å². The fourth-order valence-corrected chi connectivity index (χ4v) is 2.24. The normalized spacial score (nSPS) is 10.7. The number of hydrogen-bond acceptors (Lipinski definition) is 4. The average molecular weight is 250 g/mol. The fourth-order valence-electron chi connectivity index (χ4n) is 1.68. The first kappa shape index (κ1) is 12.1. The number of thiazole rings is 1. The van der Waals surface area contributed by atoms with Crippen LogP contribution >= 0.6 is 11.3 Å². The third-order valence-electron chi connectivity index (χ3n) is 2.53. The van der Waals surface area contributed by atoms with Crippen molar-refractivity contribution >= 4 is 17.3 Å². The number of rotatable bonds is 6. The summed E-state index contributed by atoms with van der Waals surface area (Å²) in [5.41, 5.74) is 1.06. The van der Waals surface area contributed by atoms with Crippen LogP contribution in [0.2, 0.25) is 0 Å². The van der Waals surface area contributed by atoms with Gasteiger partial charge in [-0.3, -0.25) is 0 Å². The highest BCUT2D eigenvalue weighted by Crippen LogP contribution is 2.12. The molecule has 0 amide bonds. The lowest BCUT2D eigenvalue weighted by Gasteiger charge is -2.07. The van der Waals surface area contributed by atoms with E-state index in [2.05, 4.69) is 33.0 Å². The zero-order chi connectivity index (χ0) is 12.1. The molecule has 2 aromatic rings. The summed E-state index contributed by atoms with van der Waals surface area (Å²) in [6.07, 6.45) is 6.31. The molecule has 0 saturated heterocycles. The maximum atomic E-state index is 4.49. The van der Waals surface area contributed by atoms with Gasteiger partial charge in [0.2, 0.25) is 5.95 Å². The summed E-state index contributed by atoms with van der Waals surface area (Å²) in [7, 11) is 0. The molecule has 0 spiro atoms. The number of aryl methyl sites for hydroxylation is 2. The predicted molar refractivity (Wildman–Crippen MR) is 71.3 cm³/mol. The van der Waals surface area contributed by atoms with E-state index in [0.29, 0.717) is 0 Å². The van der Waals surface area contributed by atoms with Gasteiger partial charge in [-0.05, 0) is 13.3 Å². The SMILES string of the molecule is CCCCn1cc(C)nc1NCc1nccs1. The van der Waals surface area contributed by atoms with E-state index >= 15 is 0 Å². The second kappa shape index (κ2) is 5.82. The Balaban J connectivity index is 1.99. The molecule has 0 aliphatic rings. The van der Waals surface area contributed by atoms with E-state index in [1.807, 2.05) is 18.5 Å². The molecule has 1 N–H and O–H groups in total. The van der Waals surface area contributed by atoms with Crippen LogP contribution in [0, 0.1) is 6.92 Å². The van der Waals surface area contributed by atoms with Crippen molar-refractivity contribution in [2.75, 3.05) is 5.32 Å². The molecule has 0 radical (unpaired) electrons. The largest absolute Gasteiger partial charge is 0.349 e. The summed E-state index contributed by atoms with van der Waals surface area (Å²) in [6, 6.07) is 0. The van der Waals surface area contributed by atoms with Crippen molar-refractivity contribution in [3.8, 4) is 0 Å². The Morgan fingerprint density at radius 1 is 1.47 bits per heavy atom. The van der Waals surface area contributed by atoms with Gasteiger partial charge >= 0.3 is 0 Å². The Bertz CT molecular complexity index is 447. The lowest BCUT2D eigenvalue weighted by Crippen LogP contribution is -2.07. The Morgan fingerprint density at radius 3 is 3.06 bits per heavy atom. The topological polar surface area (TPSA) is 42.7 Å². The van der Waals surface area contributed by atoms with Gasteiger partial charge in [-0.2, -0.15) is 0 Å². The predicted octanol–water partition coefficient (Wildman–Crippen LogP) is 3.06. The third kappa shape index (κ3) is 3.30. The molecule has 2 heterocycles. The van der Waals surface area contributed by atoms with Crippen molar-refractivity contribution in [3.63, 3.8) is 0 Å². The van der Waals surface area contributed by atoms with E-state index in [1.54, 1.807) is 11.3 Å². The highest BCUT2D eigenvalue weighted by Gasteiger charge is 2.05. The maximum Gasteiger partial charge on any atom is 0.203 e. The van der Waals surface area contributed by atoms with Crippen LogP contribution in [0.15, 0.2) is 17.8 Å². The number of aromatic nitrogens is 3. The standard InChI is InChI=1S/C12H18N4S/c1-3-4-6-16-9-10(2)15-12(16)14-8-11-13-5-7-17-11/h5,7,9H,3-4,6,8H2,1-2H3,(H,14,15). The quantitative estimate of drug-likeness (QED) is 0.856. The summed E-state index contributed by atoms with van der Waals surface area (Å²) >= 11 is 1.66. The van der Waals surface area contributed by atoms with Crippen LogP contribution in [0.4, 0.5) is 5.95 Å². The maximum absolute atomic E-state index is 4.49. The first-order chi connectivity index (χ1) is 8.29. The molecule has 4 nitrogen and oxygen atoms in total. The van der Waals surface area contributed by atoms with E-state index in [-0.39, 0.29) is 0 Å². The second-order valence-corrected chi connectivity index (χ2v) is 5.01. The smallest absolute Gasteiger partial charge is 0.203 e.